The molecule has 3 N–H and O–H groups in total. The maximum Gasteiger partial charge on any atom is 0.303 e. The van der Waals surface area contributed by atoms with E-state index in [1.54, 1.807) is 0 Å². The molecule has 1 unspecified atom stereocenters. The fourth-order valence-corrected chi connectivity index (χ4v) is 1.62. The van der Waals surface area contributed by atoms with Gasteiger partial charge in [-0.1, -0.05) is 12.1 Å². The quantitative estimate of drug-likeness (QED) is 0.699. The lowest BCUT2D eigenvalue weighted by atomic mass is 10.1. The molecule has 0 fully saturated rings. The summed E-state index contributed by atoms with van der Waals surface area (Å²) in [4.78, 5) is 21.8. The van der Waals surface area contributed by atoms with E-state index in [4.69, 9.17) is 5.11 Å². The maximum absolute atomic E-state index is 11.4. The number of hydrogen-bond acceptors (Lipinski definition) is 3. The molecule has 104 valence electrons. The van der Waals surface area contributed by atoms with Gasteiger partial charge in [0.05, 0.1) is 6.42 Å². The number of carboxylic acid groups (broad SMARTS) is 1. The van der Waals surface area contributed by atoms with Crippen LogP contribution in [-0.4, -0.2) is 30.1 Å². The highest BCUT2D eigenvalue weighted by atomic mass is 16.4. The van der Waals surface area contributed by atoms with Crippen LogP contribution in [0.4, 0.5) is 5.69 Å². The summed E-state index contributed by atoms with van der Waals surface area (Å²) in [6.45, 7) is 2.10. The number of benzene rings is 1. The van der Waals surface area contributed by atoms with Crippen LogP contribution < -0.4 is 10.6 Å². The Balaban J connectivity index is 2.47. The molecule has 19 heavy (non-hydrogen) atoms. The van der Waals surface area contributed by atoms with Crippen LogP contribution in [0, 0.1) is 0 Å². The number of anilines is 1. The molecule has 0 bridgehead atoms. The fraction of sp³-hybridized carbons (Fsp3) is 0.429. The first-order valence-electron chi connectivity index (χ1n) is 6.29. The van der Waals surface area contributed by atoms with Gasteiger partial charge in [0, 0.05) is 18.2 Å². The number of carboxylic acids is 1. The van der Waals surface area contributed by atoms with Crippen molar-refractivity contribution in [2.75, 3.05) is 12.4 Å². The number of nitrogens with one attached hydrogen (secondary N) is 2. The van der Waals surface area contributed by atoms with Gasteiger partial charge in [-0.2, -0.15) is 0 Å². The lowest BCUT2D eigenvalue weighted by Gasteiger charge is -2.10. The van der Waals surface area contributed by atoms with Crippen molar-refractivity contribution in [2.45, 2.75) is 32.2 Å². The van der Waals surface area contributed by atoms with Gasteiger partial charge in [0.1, 0.15) is 0 Å². The van der Waals surface area contributed by atoms with Gasteiger partial charge in [0.2, 0.25) is 5.91 Å². The Morgan fingerprint density at radius 1 is 1.21 bits per heavy atom. The summed E-state index contributed by atoms with van der Waals surface area (Å²) in [5.41, 5.74) is 1.88. The summed E-state index contributed by atoms with van der Waals surface area (Å²) in [7, 11) is 1.92. The van der Waals surface area contributed by atoms with E-state index in [0.29, 0.717) is 11.7 Å². The van der Waals surface area contributed by atoms with Crippen molar-refractivity contribution >= 4 is 17.6 Å². The van der Waals surface area contributed by atoms with Gasteiger partial charge in [-0.3, -0.25) is 9.59 Å². The van der Waals surface area contributed by atoms with E-state index >= 15 is 0 Å². The molecule has 5 nitrogen and oxygen atoms in total. The lowest BCUT2D eigenvalue weighted by molar-refractivity contribution is -0.138. The largest absolute Gasteiger partial charge is 0.481 e. The average Bonchev–Trinajstić information content (AvgIpc) is 2.38. The molecule has 0 saturated heterocycles. The van der Waals surface area contributed by atoms with E-state index in [2.05, 4.69) is 17.6 Å². The second kappa shape index (κ2) is 7.53. The monoisotopic (exact) mass is 264 g/mol. The minimum absolute atomic E-state index is 0.00608. The van der Waals surface area contributed by atoms with Crippen LogP contribution in [0.3, 0.4) is 0 Å². The molecule has 1 amide bonds. The molecule has 0 aromatic heterocycles. The van der Waals surface area contributed by atoms with E-state index in [9.17, 15) is 9.59 Å². The van der Waals surface area contributed by atoms with Crippen LogP contribution in [0.15, 0.2) is 24.3 Å². The molecule has 0 spiro atoms. The van der Waals surface area contributed by atoms with E-state index in [1.165, 1.54) is 5.56 Å². The zero-order valence-corrected chi connectivity index (χ0v) is 11.3. The topological polar surface area (TPSA) is 78.4 Å². The first kappa shape index (κ1) is 15.2. The number of likely N-dealkylation sites (N-methyl/N-ethyl adjacent to an activating group) is 1. The Labute approximate surface area is 113 Å². The highest BCUT2D eigenvalue weighted by Crippen LogP contribution is 2.11. The van der Waals surface area contributed by atoms with Crippen molar-refractivity contribution in [2.24, 2.45) is 0 Å². The lowest BCUT2D eigenvalue weighted by Crippen LogP contribution is -2.23. The molecule has 5 heteroatoms. The smallest absolute Gasteiger partial charge is 0.303 e. The van der Waals surface area contributed by atoms with Gasteiger partial charge in [-0.05, 0) is 38.1 Å². The molecule has 1 aromatic rings. The molecule has 0 aliphatic carbocycles. The molecule has 1 rings (SSSR count). The molecule has 1 aromatic carbocycles. The molecule has 0 heterocycles. The SMILES string of the molecule is CNC(C)Cc1ccc(NC(=O)CCC(=O)O)cc1. The normalized spacial score (nSPS) is 11.9. The highest BCUT2D eigenvalue weighted by molar-refractivity contribution is 5.92. The second-order valence-corrected chi connectivity index (χ2v) is 4.53. The van der Waals surface area contributed by atoms with E-state index in [-0.39, 0.29) is 18.7 Å². The van der Waals surface area contributed by atoms with Crippen LogP contribution in [0.5, 0.6) is 0 Å². The molecule has 0 aliphatic heterocycles. The number of hydrogen-bond donors (Lipinski definition) is 3. The number of amides is 1. The minimum Gasteiger partial charge on any atom is -0.481 e. The van der Waals surface area contributed by atoms with Crippen molar-refractivity contribution in [1.29, 1.82) is 0 Å². The first-order chi connectivity index (χ1) is 9.01. The minimum atomic E-state index is -0.966. The van der Waals surface area contributed by atoms with Gasteiger partial charge in [0.25, 0.3) is 0 Å². The zero-order valence-electron chi connectivity index (χ0n) is 11.3. The van der Waals surface area contributed by atoms with E-state index in [1.807, 2.05) is 31.3 Å². The summed E-state index contributed by atoms with van der Waals surface area (Å²) in [6, 6.07) is 7.98. The molecule has 1 atom stereocenters. The van der Waals surface area contributed by atoms with Crippen LogP contribution in [0.25, 0.3) is 0 Å². The fourth-order valence-electron chi connectivity index (χ4n) is 1.62. The third kappa shape index (κ3) is 6.01. The molecule has 0 aliphatic rings. The van der Waals surface area contributed by atoms with Crippen LogP contribution in [-0.2, 0) is 16.0 Å². The van der Waals surface area contributed by atoms with E-state index in [0.717, 1.165) is 6.42 Å². The van der Waals surface area contributed by atoms with Gasteiger partial charge in [0.15, 0.2) is 0 Å². The van der Waals surface area contributed by atoms with Gasteiger partial charge >= 0.3 is 5.97 Å². The standard InChI is InChI=1S/C14H20N2O3/c1-10(15-2)9-11-3-5-12(6-4-11)16-13(17)7-8-14(18)19/h3-6,10,15H,7-9H2,1-2H3,(H,16,17)(H,18,19). The highest BCUT2D eigenvalue weighted by Gasteiger charge is 2.06. The Bertz CT molecular complexity index is 429. The average molecular weight is 264 g/mol. The van der Waals surface area contributed by atoms with Gasteiger partial charge in [-0.15, -0.1) is 0 Å². The number of rotatable bonds is 7. The predicted molar refractivity (Wildman–Crippen MR) is 74.2 cm³/mol. The summed E-state index contributed by atoms with van der Waals surface area (Å²) >= 11 is 0. The molecular weight excluding hydrogens is 244 g/mol. The third-order valence-corrected chi connectivity index (χ3v) is 2.84. The van der Waals surface area contributed by atoms with Gasteiger partial charge < -0.3 is 15.7 Å². The van der Waals surface area contributed by atoms with Crippen molar-refractivity contribution in [3.63, 3.8) is 0 Å². The van der Waals surface area contributed by atoms with Crippen molar-refractivity contribution in [3.8, 4) is 0 Å². The zero-order chi connectivity index (χ0) is 14.3. The second-order valence-electron chi connectivity index (χ2n) is 4.53. The molecule has 0 saturated carbocycles. The third-order valence-electron chi connectivity index (χ3n) is 2.84. The number of aliphatic carboxylic acids is 1. The summed E-state index contributed by atoms with van der Waals surface area (Å²) < 4.78 is 0. The first-order valence-corrected chi connectivity index (χ1v) is 6.29. The van der Waals surface area contributed by atoms with Crippen LogP contribution in [0.2, 0.25) is 0 Å². The van der Waals surface area contributed by atoms with Crippen molar-refractivity contribution < 1.29 is 14.7 Å². The van der Waals surface area contributed by atoms with Gasteiger partial charge in [-0.25, -0.2) is 0 Å². The molecule has 0 radical (unpaired) electrons. The van der Waals surface area contributed by atoms with E-state index < -0.39 is 5.97 Å². The maximum atomic E-state index is 11.4. The summed E-state index contributed by atoms with van der Waals surface area (Å²) in [5, 5.41) is 14.3. The summed E-state index contributed by atoms with van der Waals surface area (Å²) in [6.07, 6.45) is 0.765. The van der Waals surface area contributed by atoms with Crippen molar-refractivity contribution in [3.05, 3.63) is 29.8 Å². The molecular formula is C14H20N2O3. The Morgan fingerprint density at radius 2 is 1.84 bits per heavy atom. The predicted octanol–water partition coefficient (Wildman–Crippen LogP) is 1.64. The number of carbonyl (C=O) groups excluding carboxylic acids is 1. The Hall–Kier alpha value is -1.88. The van der Waals surface area contributed by atoms with Crippen molar-refractivity contribution in [1.82, 2.24) is 5.32 Å². The van der Waals surface area contributed by atoms with Crippen LogP contribution >= 0.6 is 0 Å². The Kier molecular flexibility index (Phi) is 6.02. The van der Waals surface area contributed by atoms with Crippen LogP contribution in [0.1, 0.15) is 25.3 Å². The number of carbonyl (C=O) groups is 2. The summed E-state index contributed by atoms with van der Waals surface area (Å²) in [5.74, 6) is -1.25. The Morgan fingerprint density at radius 3 is 2.37 bits per heavy atom.